The van der Waals surface area contributed by atoms with E-state index in [0.717, 1.165) is 23.1 Å². The summed E-state index contributed by atoms with van der Waals surface area (Å²) in [5.41, 5.74) is 5.25. The lowest BCUT2D eigenvalue weighted by Gasteiger charge is -2.11. The number of hydrogen-bond acceptors (Lipinski definition) is 2. The number of hydrogen-bond donors (Lipinski definition) is 1. The molecular weight excluding hydrogens is 378 g/mol. The standard InChI is InChI=1S/C29H29NO/c1-30(2)28-21-19-24(20-22-28)13-7-3-4-8-18-27(25-14-9-5-10-15-25)23-29(31)26-16-11-6-12-17-26/h3-7,9-23,31H,8H2,1-2H3/b4-3+,13-7+,27-18+,29-23-. The fourth-order valence-electron chi connectivity index (χ4n) is 3.13. The van der Waals surface area contributed by atoms with Crippen LogP contribution < -0.4 is 4.90 Å². The van der Waals surface area contributed by atoms with E-state index < -0.39 is 0 Å². The normalized spacial score (nSPS) is 12.6. The second-order valence-corrected chi connectivity index (χ2v) is 7.43. The molecule has 0 aromatic heterocycles. The smallest absolute Gasteiger partial charge is 0.123 e. The zero-order chi connectivity index (χ0) is 21.9. The predicted molar refractivity (Wildman–Crippen MR) is 135 cm³/mol. The van der Waals surface area contributed by atoms with Crippen molar-refractivity contribution in [2.24, 2.45) is 0 Å². The van der Waals surface area contributed by atoms with Crippen LogP contribution in [0.15, 0.2) is 115 Å². The molecule has 0 saturated heterocycles. The molecular formula is C29H29NO. The highest BCUT2D eigenvalue weighted by molar-refractivity contribution is 5.81. The highest BCUT2D eigenvalue weighted by atomic mass is 16.3. The maximum absolute atomic E-state index is 10.6. The molecule has 0 aliphatic carbocycles. The van der Waals surface area contributed by atoms with Crippen molar-refractivity contribution in [3.05, 3.63) is 132 Å². The number of allylic oxidation sites excluding steroid dienone is 6. The van der Waals surface area contributed by atoms with Gasteiger partial charge >= 0.3 is 0 Å². The van der Waals surface area contributed by atoms with Gasteiger partial charge in [-0.1, -0.05) is 103 Å². The second kappa shape index (κ2) is 11.4. The summed E-state index contributed by atoms with van der Waals surface area (Å²) in [4.78, 5) is 2.09. The number of anilines is 1. The summed E-state index contributed by atoms with van der Waals surface area (Å²) in [5.74, 6) is 0.265. The Balaban J connectivity index is 1.69. The number of aliphatic hydroxyl groups excluding tert-OH is 1. The summed E-state index contributed by atoms with van der Waals surface area (Å²) < 4.78 is 0. The number of aliphatic hydroxyl groups is 1. The molecule has 0 heterocycles. The lowest BCUT2D eigenvalue weighted by molar-refractivity contribution is 0.512. The van der Waals surface area contributed by atoms with Crippen molar-refractivity contribution in [1.29, 1.82) is 0 Å². The van der Waals surface area contributed by atoms with E-state index in [2.05, 4.69) is 71.7 Å². The first-order valence-corrected chi connectivity index (χ1v) is 10.5. The Hall–Kier alpha value is -3.78. The predicted octanol–water partition coefficient (Wildman–Crippen LogP) is 7.39. The molecule has 2 nitrogen and oxygen atoms in total. The maximum atomic E-state index is 10.6. The first-order valence-electron chi connectivity index (χ1n) is 10.5. The lowest BCUT2D eigenvalue weighted by Crippen LogP contribution is -2.07. The Morgan fingerprint density at radius 3 is 2.00 bits per heavy atom. The first-order chi connectivity index (χ1) is 15.1. The zero-order valence-electron chi connectivity index (χ0n) is 18.1. The minimum atomic E-state index is 0.265. The molecule has 0 radical (unpaired) electrons. The van der Waals surface area contributed by atoms with E-state index in [1.165, 1.54) is 11.3 Å². The molecule has 0 atom stereocenters. The van der Waals surface area contributed by atoms with Crippen LogP contribution in [0.1, 0.15) is 23.1 Å². The molecule has 3 rings (SSSR count). The maximum Gasteiger partial charge on any atom is 0.123 e. The van der Waals surface area contributed by atoms with Crippen LogP contribution in [0.5, 0.6) is 0 Å². The SMILES string of the molecule is CN(C)c1ccc(/C=C/C=C/C/C=C(\C=C(/O)c2ccccc2)c2ccccc2)cc1. The largest absolute Gasteiger partial charge is 0.507 e. The van der Waals surface area contributed by atoms with Crippen molar-refractivity contribution in [3.63, 3.8) is 0 Å². The molecule has 1 N–H and O–H groups in total. The monoisotopic (exact) mass is 407 g/mol. The van der Waals surface area contributed by atoms with Crippen LogP contribution in [0.25, 0.3) is 17.4 Å². The van der Waals surface area contributed by atoms with E-state index in [9.17, 15) is 5.11 Å². The van der Waals surface area contributed by atoms with E-state index >= 15 is 0 Å². The Bertz CT molecular complexity index is 1060. The van der Waals surface area contributed by atoms with E-state index in [0.29, 0.717) is 0 Å². The van der Waals surface area contributed by atoms with Gasteiger partial charge in [0.15, 0.2) is 0 Å². The first kappa shape index (κ1) is 21.9. The third kappa shape index (κ3) is 6.90. The molecule has 3 aromatic carbocycles. The Labute approximate surface area is 185 Å². The van der Waals surface area contributed by atoms with E-state index in [-0.39, 0.29) is 5.76 Å². The molecule has 0 aliphatic heterocycles. The number of nitrogens with zero attached hydrogens (tertiary/aromatic N) is 1. The molecule has 0 amide bonds. The third-order valence-electron chi connectivity index (χ3n) is 4.89. The zero-order valence-corrected chi connectivity index (χ0v) is 18.1. The molecule has 0 unspecified atom stereocenters. The van der Waals surface area contributed by atoms with Gasteiger partial charge in [0.05, 0.1) is 0 Å². The van der Waals surface area contributed by atoms with Crippen molar-refractivity contribution >= 4 is 23.1 Å². The average Bonchev–Trinajstić information content (AvgIpc) is 2.81. The summed E-state index contributed by atoms with van der Waals surface area (Å²) in [7, 11) is 4.08. The van der Waals surface area contributed by atoms with Crippen molar-refractivity contribution in [2.45, 2.75) is 6.42 Å². The van der Waals surface area contributed by atoms with Crippen LogP contribution in [0.2, 0.25) is 0 Å². The fraction of sp³-hybridized carbons (Fsp3) is 0.103. The van der Waals surface area contributed by atoms with E-state index in [1.807, 2.05) is 68.7 Å². The third-order valence-corrected chi connectivity index (χ3v) is 4.89. The minimum Gasteiger partial charge on any atom is -0.507 e. The molecule has 0 saturated carbocycles. The van der Waals surface area contributed by atoms with E-state index in [1.54, 1.807) is 0 Å². The summed E-state index contributed by atoms with van der Waals surface area (Å²) in [6, 6.07) is 28.2. The summed E-state index contributed by atoms with van der Waals surface area (Å²) in [6.45, 7) is 0. The van der Waals surface area contributed by atoms with Crippen LogP contribution in [0.4, 0.5) is 5.69 Å². The second-order valence-electron chi connectivity index (χ2n) is 7.43. The Morgan fingerprint density at radius 2 is 1.39 bits per heavy atom. The molecule has 0 spiro atoms. The van der Waals surface area contributed by atoms with Crippen LogP contribution in [0, 0.1) is 0 Å². The van der Waals surface area contributed by atoms with Gasteiger partial charge in [-0.2, -0.15) is 0 Å². The van der Waals surface area contributed by atoms with E-state index in [4.69, 9.17) is 0 Å². The van der Waals surface area contributed by atoms with Crippen LogP contribution in [-0.2, 0) is 0 Å². The molecule has 156 valence electrons. The summed E-state index contributed by atoms with van der Waals surface area (Å²) in [5, 5.41) is 10.6. The van der Waals surface area contributed by atoms with Crippen molar-refractivity contribution in [2.75, 3.05) is 19.0 Å². The van der Waals surface area contributed by atoms with Crippen molar-refractivity contribution in [3.8, 4) is 0 Å². The number of rotatable bonds is 8. The van der Waals surface area contributed by atoms with Gasteiger partial charge in [0.25, 0.3) is 0 Å². The van der Waals surface area contributed by atoms with Gasteiger partial charge in [-0.05, 0) is 41.3 Å². The molecule has 0 aliphatic rings. The number of benzene rings is 3. The van der Waals surface area contributed by atoms with Crippen LogP contribution in [0.3, 0.4) is 0 Å². The molecule has 0 fully saturated rings. The van der Waals surface area contributed by atoms with Gasteiger partial charge in [0.1, 0.15) is 5.76 Å². The summed E-state index contributed by atoms with van der Waals surface area (Å²) >= 11 is 0. The highest BCUT2D eigenvalue weighted by Gasteiger charge is 2.02. The molecule has 3 aromatic rings. The van der Waals surface area contributed by atoms with Gasteiger partial charge in [0.2, 0.25) is 0 Å². The molecule has 0 bridgehead atoms. The van der Waals surface area contributed by atoms with Gasteiger partial charge in [-0.15, -0.1) is 0 Å². The van der Waals surface area contributed by atoms with Gasteiger partial charge in [-0.3, -0.25) is 0 Å². The van der Waals surface area contributed by atoms with Crippen molar-refractivity contribution in [1.82, 2.24) is 0 Å². The fourth-order valence-corrected chi connectivity index (χ4v) is 3.13. The quantitative estimate of drug-likeness (QED) is 0.311. The molecule has 31 heavy (non-hydrogen) atoms. The minimum absolute atomic E-state index is 0.265. The molecule has 2 heteroatoms. The average molecular weight is 408 g/mol. The van der Waals surface area contributed by atoms with Crippen LogP contribution >= 0.6 is 0 Å². The summed E-state index contributed by atoms with van der Waals surface area (Å²) in [6.07, 6.45) is 13.1. The lowest BCUT2D eigenvalue weighted by atomic mass is 10.0. The van der Waals surface area contributed by atoms with Crippen LogP contribution in [-0.4, -0.2) is 19.2 Å². The van der Waals surface area contributed by atoms with Crippen molar-refractivity contribution < 1.29 is 5.11 Å². The van der Waals surface area contributed by atoms with Gasteiger partial charge in [-0.25, -0.2) is 0 Å². The highest BCUT2D eigenvalue weighted by Crippen LogP contribution is 2.22. The Kier molecular flexibility index (Phi) is 8.07. The van der Waals surface area contributed by atoms with Gasteiger partial charge < -0.3 is 10.0 Å². The Morgan fingerprint density at radius 1 is 0.774 bits per heavy atom. The topological polar surface area (TPSA) is 23.5 Å². The van der Waals surface area contributed by atoms with Gasteiger partial charge in [0, 0.05) is 25.3 Å².